The summed E-state index contributed by atoms with van der Waals surface area (Å²) in [4.78, 5) is 23.6. The number of aliphatic hydroxyl groups excluding tert-OH is 4. The highest BCUT2D eigenvalue weighted by Gasteiger charge is 2.44. The van der Waals surface area contributed by atoms with E-state index in [9.17, 15) is 30.0 Å². The first-order valence-electron chi connectivity index (χ1n) is 14.9. The predicted molar refractivity (Wildman–Crippen MR) is 156 cm³/mol. The molecule has 8 atom stereocenters. The van der Waals surface area contributed by atoms with Crippen molar-refractivity contribution >= 4 is 11.7 Å². The van der Waals surface area contributed by atoms with Crippen molar-refractivity contribution in [3.8, 4) is 0 Å². The van der Waals surface area contributed by atoms with Crippen LogP contribution in [0.4, 0.5) is 0 Å². The summed E-state index contributed by atoms with van der Waals surface area (Å²) in [5, 5.41) is 45.9. The van der Waals surface area contributed by atoms with E-state index in [4.69, 9.17) is 14.2 Å². The van der Waals surface area contributed by atoms with Gasteiger partial charge in [-0.2, -0.15) is 0 Å². The van der Waals surface area contributed by atoms with Crippen molar-refractivity contribution in [1.29, 1.82) is 0 Å². The van der Waals surface area contributed by atoms with Gasteiger partial charge < -0.3 is 45.3 Å². The molecule has 2 heterocycles. The summed E-state index contributed by atoms with van der Waals surface area (Å²) in [6, 6.07) is 0. The van der Waals surface area contributed by atoms with Crippen molar-refractivity contribution in [3.05, 3.63) is 0 Å². The van der Waals surface area contributed by atoms with Crippen LogP contribution in [0.5, 0.6) is 0 Å². The van der Waals surface area contributed by atoms with Gasteiger partial charge in [0.1, 0.15) is 42.4 Å². The lowest BCUT2D eigenvalue weighted by Crippen LogP contribution is -2.44. The Morgan fingerprint density at radius 3 is 1.73 bits per heavy atom. The number of carbonyl (C=O) groups is 2. The minimum Gasteiger partial charge on any atom is -0.388 e. The number of carbonyl (C=O) groups excluding carboxylic acids is 2. The van der Waals surface area contributed by atoms with Gasteiger partial charge in [0.05, 0.1) is 18.8 Å². The fourth-order valence-corrected chi connectivity index (χ4v) is 4.27. The van der Waals surface area contributed by atoms with Crippen LogP contribution in [-0.4, -0.2) is 113 Å². The van der Waals surface area contributed by atoms with Gasteiger partial charge in [0, 0.05) is 43.5 Å². The lowest BCUT2D eigenvalue weighted by atomic mass is 9.86. The first kappa shape index (κ1) is 37.8. The Hall–Kier alpha value is -1.18. The molecule has 11 heteroatoms. The SMILES string of the molecule is CC(C)(C)NCC1OC(CC(=O)C(C)(C)C)C(O)C1O.CC(C)COCC1OC(CNC(=O)CC(C)C)C(O)C1O. The highest BCUT2D eigenvalue weighted by Crippen LogP contribution is 2.27. The van der Waals surface area contributed by atoms with Crippen LogP contribution >= 0.6 is 0 Å². The Morgan fingerprint density at radius 2 is 1.24 bits per heavy atom. The lowest BCUT2D eigenvalue weighted by molar-refractivity contribution is -0.130. The minimum absolute atomic E-state index is 0.0261. The zero-order valence-electron chi connectivity index (χ0n) is 26.8. The molecular weight excluding hydrogens is 532 g/mol. The molecule has 242 valence electrons. The third-order valence-electron chi connectivity index (χ3n) is 6.81. The number of hydrogen-bond donors (Lipinski definition) is 6. The Labute approximate surface area is 246 Å². The number of rotatable bonds is 12. The van der Waals surface area contributed by atoms with Crippen LogP contribution in [0, 0.1) is 17.3 Å². The third-order valence-corrected chi connectivity index (χ3v) is 6.81. The van der Waals surface area contributed by atoms with Crippen molar-refractivity contribution < 1.29 is 44.2 Å². The normalized spacial score (nSPS) is 30.4. The predicted octanol–water partition coefficient (Wildman–Crippen LogP) is 1.18. The molecule has 2 aliphatic rings. The molecule has 0 aromatic carbocycles. The van der Waals surface area contributed by atoms with Gasteiger partial charge in [0.25, 0.3) is 0 Å². The van der Waals surface area contributed by atoms with Crippen molar-refractivity contribution in [2.45, 2.75) is 136 Å². The van der Waals surface area contributed by atoms with Gasteiger partial charge in [-0.25, -0.2) is 0 Å². The number of nitrogens with one attached hydrogen (secondary N) is 2. The van der Waals surface area contributed by atoms with Crippen LogP contribution in [0.2, 0.25) is 0 Å². The smallest absolute Gasteiger partial charge is 0.220 e. The number of aliphatic hydroxyl groups is 4. The first-order valence-corrected chi connectivity index (χ1v) is 14.9. The van der Waals surface area contributed by atoms with E-state index in [0.717, 1.165) is 0 Å². The topological polar surface area (TPSA) is 167 Å². The van der Waals surface area contributed by atoms with E-state index in [1.807, 2.05) is 69.2 Å². The van der Waals surface area contributed by atoms with Gasteiger partial charge in [-0.3, -0.25) is 9.59 Å². The van der Waals surface area contributed by atoms with Crippen molar-refractivity contribution in [2.24, 2.45) is 17.3 Å². The second kappa shape index (κ2) is 16.6. The minimum atomic E-state index is -1.01. The van der Waals surface area contributed by atoms with Gasteiger partial charge in [-0.15, -0.1) is 0 Å². The summed E-state index contributed by atoms with van der Waals surface area (Å²) >= 11 is 0. The van der Waals surface area contributed by atoms with E-state index in [0.29, 0.717) is 25.5 Å². The first-order chi connectivity index (χ1) is 18.7. The summed E-state index contributed by atoms with van der Waals surface area (Å²) in [6.45, 7) is 21.0. The van der Waals surface area contributed by atoms with Crippen molar-refractivity contribution in [1.82, 2.24) is 10.6 Å². The van der Waals surface area contributed by atoms with Gasteiger partial charge >= 0.3 is 0 Å². The average molecular weight is 591 g/mol. The monoisotopic (exact) mass is 590 g/mol. The molecule has 6 N–H and O–H groups in total. The molecule has 0 spiro atoms. The molecule has 2 fully saturated rings. The van der Waals surface area contributed by atoms with Gasteiger partial charge in [0.2, 0.25) is 5.91 Å². The van der Waals surface area contributed by atoms with Gasteiger partial charge in [-0.05, 0) is 32.6 Å². The average Bonchev–Trinajstić information content (AvgIpc) is 3.25. The Morgan fingerprint density at radius 1 is 0.756 bits per heavy atom. The van der Waals surface area contributed by atoms with Gasteiger partial charge in [-0.1, -0.05) is 48.5 Å². The standard InChI is InChI=1S/C15H29NO5.C15H29NO4/c1-9(2)5-13(17)16-6-11-14(18)15(19)12(21-11)8-20-7-10(3)4;1-14(2,3)11(17)7-9-12(18)13(19)10(20-9)8-16-15(4,5)6/h9-12,14-15,18-19H,5-8H2,1-4H3,(H,16,17);9-10,12-13,16,18-19H,7-8H2,1-6H3. The Kier molecular flexibility index (Phi) is 15.3. The summed E-state index contributed by atoms with van der Waals surface area (Å²) in [7, 11) is 0. The molecule has 0 aliphatic carbocycles. The van der Waals surface area contributed by atoms with E-state index in [-0.39, 0.29) is 42.7 Å². The van der Waals surface area contributed by atoms with Crippen LogP contribution < -0.4 is 10.6 Å². The zero-order valence-corrected chi connectivity index (χ0v) is 26.8. The van der Waals surface area contributed by atoms with E-state index in [1.54, 1.807) is 0 Å². The van der Waals surface area contributed by atoms with Gasteiger partial charge in [0.15, 0.2) is 0 Å². The molecule has 0 aromatic rings. The maximum Gasteiger partial charge on any atom is 0.220 e. The van der Waals surface area contributed by atoms with E-state index >= 15 is 0 Å². The van der Waals surface area contributed by atoms with Crippen LogP contribution in [0.1, 0.15) is 82.1 Å². The maximum atomic E-state index is 12.0. The molecule has 0 aromatic heterocycles. The molecule has 8 unspecified atom stereocenters. The van der Waals surface area contributed by atoms with Crippen LogP contribution in [-0.2, 0) is 23.8 Å². The summed E-state index contributed by atoms with van der Waals surface area (Å²) in [5.41, 5.74) is -0.552. The largest absolute Gasteiger partial charge is 0.388 e. The molecule has 2 aliphatic heterocycles. The third kappa shape index (κ3) is 13.8. The molecule has 11 nitrogen and oxygen atoms in total. The number of ketones is 1. The van der Waals surface area contributed by atoms with E-state index < -0.39 is 54.2 Å². The molecular formula is C30H58N2O9. The second-order valence-electron chi connectivity index (χ2n) is 14.2. The quantitative estimate of drug-likeness (QED) is 0.194. The maximum absolute atomic E-state index is 12.0. The van der Waals surface area contributed by atoms with E-state index in [1.165, 1.54) is 0 Å². The number of Topliss-reactive ketones (excluding diaryl/α,β-unsaturated/α-hetero) is 1. The Bertz CT molecular complexity index is 794. The number of hydrogen-bond acceptors (Lipinski definition) is 10. The zero-order chi connectivity index (χ0) is 31.7. The molecule has 2 saturated heterocycles. The highest BCUT2D eigenvalue weighted by molar-refractivity contribution is 5.84. The van der Waals surface area contributed by atoms with Crippen molar-refractivity contribution in [3.63, 3.8) is 0 Å². The Balaban J connectivity index is 0.000000410. The van der Waals surface area contributed by atoms with Crippen LogP contribution in [0.15, 0.2) is 0 Å². The molecule has 41 heavy (non-hydrogen) atoms. The summed E-state index contributed by atoms with van der Waals surface area (Å²) < 4.78 is 16.7. The van der Waals surface area contributed by atoms with Crippen LogP contribution in [0.3, 0.4) is 0 Å². The molecule has 2 rings (SSSR count). The fraction of sp³-hybridized carbons (Fsp3) is 0.933. The summed E-state index contributed by atoms with van der Waals surface area (Å²) in [5.74, 6) is 0.634. The second-order valence-corrected chi connectivity index (χ2v) is 14.2. The molecule has 0 saturated carbocycles. The molecule has 0 radical (unpaired) electrons. The molecule has 1 amide bonds. The lowest BCUT2D eigenvalue weighted by Gasteiger charge is -2.24. The number of amides is 1. The highest BCUT2D eigenvalue weighted by atomic mass is 16.6. The number of ether oxygens (including phenoxy) is 3. The van der Waals surface area contributed by atoms with E-state index in [2.05, 4.69) is 10.6 Å². The van der Waals surface area contributed by atoms with Crippen LogP contribution in [0.25, 0.3) is 0 Å². The summed E-state index contributed by atoms with van der Waals surface area (Å²) in [6.07, 6.45) is -5.63. The van der Waals surface area contributed by atoms with Crippen molar-refractivity contribution in [2.75, 3.05) is 26.3 Å². The fourth-order valence-electron chi connectivity index (χ4n) is 4.27. The molecule has 0 bridgehead atoms.